The van der Waals surface area contributed by atoms with Crippen LogP contribution in [0.1, 0.15) is 31.7 Å². The van der Waals surface area contributed by atoms with E-state index >= 15 is 0 Å². The third kappa shape index (κ3) is 2.69. The average molecular weight is 257 g/mol. The molecule has 2 aliphatic rings. The molecule has 1 aromatic rings. The smallest absolute Gasteiger partial charge is 0.0642 e. The zero-order chi connectivity index (χ0) is 13.1. The molecule has 102 valence electrons. The van der Waals surface area contributed by atoms with Crippen LogP contribution in [-0.2, 0) is 4.74 Å². The molecule has 2 heteroatoms. The van der Waals surface area contributed by atoms with Gasteiger partial charge in [0.15, 0.2) is 0 Å². The molecule has 3 rings (SSSR count). The SMILES string of the molecule is CC1CCC/C1=C(\c1ccccc1)N1CCOCC1. The molecule has 1 heterocycles. The van der Waals surface area contributed by atoms with Crippen LogP contribution in [0.5, 0.6) is 0 Å². The molecule has 0 aromatic heterocycles. The molecule has 2 fully saturated rings. The van der Waals surface area contributed by atoms with Gasteiger partial charge in [-0.25, -0.2) is 0 Å². The van der Waals surface area contributed by atoms with E-state index in [1.807, 2.05) is 0 Å². The van der Waals surface area contributed by atoms with E-state index < -0.39 is 0 Å². The van der Waals surface area contributed by atoms with Crippen molar-refractivity contribution in [3.63, 3.8) is 0 Å². The third-order valence-electron chi connectivity index (χ3n) is 4.36. The van der Waals surface area contributed by atoms with E-state index in [1.165, 1.54) is 30.5 Å². The van der Waals surface area contributed by atoms with Crippen LogP contribution in [0.3, 0.4) is 0 Å². The fourth-order valence-electron chi connectivity index (χ4n) is 3.33. The number of allylic oxidation sites excluding steroid dienone is 1. The number of nitrogens with zero attached hydrogens (tertiary/aromatic N) is 1. The summed E-state index contributed by atoms with van der Waals surface area (Å²) in [5, 5.41) is 0. The van der Waals surface area contributed by atoms with Crippen LogP contribution in [0.25, 0.3) is 5.70 Å². The summed E-state index contributed by atoms with van der Waals surface area (Å²) >= 11 is 0. The Morgan fingerprint density at radius 1 is 1.16 bits per heavy atom. The second-order valence-electron chi connectivity index (χ2n) is 5.63. The maximum absolute atomic E-state index is 5.51. The van der Waals surface area contributed by atoms with Gasteiger partial charge in [-0.1, -0.05) is 37.3 Å². The molecule has 0 spiro atoms. The highest BCUT2D eigenvalue weighted by Gasteiger charge is 2.25. The van der Waals surface area contributed by atoms with Gasteiger partial charge in [-0.2, -0.15) is 0 Å². The van der Waals surface area contributed by atoms with Crippen molar-refractivity contribution in [2.75, 3.05) is 26.3 Å². The van der Waals surface area contributed by atoms with Crippen LogP contribution in [0.2, 0.25) is 0 Å². The molecule has 1 aliphatic heterocycles. The van der Waals surface area contributed by atoms with Crippen LogP contribution in [-0.4, -0.2) is 31.2 Å². The molecule has 2 nitrogen and oxygen atoms in total. The molecule has 1 atom stereocenters. The molecular formula is C17H23NO. The number of morpholine rings is 1. The molecule has 1 aromatic carbocycles. The number of benzene rings is 1. The van der Waals surface area contributed by atoms with Gasteiger partial charge in [0, 0.05) is 18.8 Å². The van der Waals surface area contributed by atoms with Crippen molar-refractivity contribution in [3.8, 4) is 0 Å². The van der Waals surface area contributed by atoms with Gasteiger partial charge < -0.3 is 9.64 Å². The Kier molecular flexibility index (Phi) is 3.88. The Morgan fingerprint density at radius 3 is 2.53 bits per heavy atom. The number of hydrogen-bond acceptors (Lipinski definition) is 2. The van der Waals surface area contributed by atoms with E-state index in [4.69, 9.17) is 4.74 Å². The van der Waals surface area contributed by atoms with Crippen molar-refractivity contribution < 1.29 is 4.74 Å². The molecule has 1 saturated heterocycles. The highest BCUT2D eigenvalue weighted by atomic mass is 16.5. The van der Waals surface area contributed by atoms with Gasteiger partial charge in [0.2, 0.25) is 0 Å². The summed E-state index contributed by atoms with van der Waals surface area (Å²) in [5.74, 6) is 0.734. The van der Waals surface area contributed by atoms with Crippen LogP contribution < -0.4 is 0 Å². The van der Waals surface area contributed by atoms with Gasteiger partial charge in [0.1, 0.15) is 0 Å². The van der Waals surface area contributed by atoms with Crippen LogP contribution in [0.4, 0.5) is 0 Å². The summed E-state index contributed by atoms with van der Waals surface area (Å²) in [5.41, 5.74) is 4.54. The lowest BCUT2D eigenvalue weighted by atomic mass is 9.97. The normalized spacial score (nSPS) is 26.6. The van der Waals surface area contributed by atoms with Gasteiger partial charge in [0.25, 0.3) is 0 Å². The minimum absolute atomic E-state index is 0.734. The summed E-state index contributed by atoms with van der Waals surface area (Å²) in [6.45, 7) is 6.16. The zero-order valence-corrected chi connectivity index (χ0v) is 11.8. The second kappa shape index (κ2) is 5.79. The first-order valence-corrected chi connectivity index (χ1v) is 7.47. The summed E-state index contributed by atoms with van der Waals surface area (Å²) < 4.78 is 5.51. The summed E-state index contributed by atoms with van der Waals surface area (Å²) in [4.78, 5) is 2.54. The molecule has 0 radical (unpaired) electrons. The topological polar surface area (TPSA) is 12.5 Å². The van der Waals surface area contributed by atoms with E-state index in [0.717, 1.165) is 32.2 Å². The first kappa shape index (κ1) is 12.7. The van der Waals surface area contributed by atoms with Crippen LogP contribution in [0, 0.1) is 5.92 Å². The standard InChI is InChI=1S/C17H23NO/c1-14-6-5-9-16(14)17(15-7-3-2-4-8-15)18-10-12-19-13-11-18/h2-4,7-8,14H,5-6,9-13H2,1H3/b17-16-. The Morgan fingerprint density at radius 2 is 1.89 bits per heavy atom. The lowest BCUT2D eigenvalue weighted by Crippen LogP contribution is -2.35. The van der Waals surface area contributed by atoms with E-state index in [0.29, 0.717) is 0 Å². The Balaban J connectivity index is 2.00. The van der Waals surface area contributed by atoms with Crippen LogP contribution in [0.15, 0.2) is 35.9 Å². The predicted octanol–water partition coefficient (Wildman–Crippen LogP) is 3.55. The average Bonchev–Trinajstić information content (AvgIpc) is 2.88. The highest BCUT2D eigenvalue weighted by Crippen LogP contribution is 2.38. The van der Waals surface area contributed by atoms with E-state index in [-0.39, 0.29) is 0 Å². The Bertz CT molecular complexity index is 446. The minimum atomic E-state index is 0.734. The number of hydrogen-bond donors (Lipinski definition) is 0. The quantitative estimate of drug-likeness (QED) is 0.803. The van der Waals surface area contributed by atoms with Crippen molar-refractivity contribution in [3.05, 3.63) is 41.5 Å². The van der Waals surface area contributed by atoms with Gasteiger partial charge in [-0.3, -0.25) is 0 Å². The fourth-order valence-corrected chi connectivity index (χ4v) is 3.33. The molecular weight excluding hydrogens is 234 g/mol. The predicted molar refractivity (Wildman–Crippen MR) is 78.8 cm³/mol. The molecule has 0 N–H and O–H groups in total. The molecule has 19 heavy (non-hydrogen) atoms. The Hall–Kier alpha value is -1.28. The largest absolute Gasteiger partial charge is 0.378 e. The van der Waals surface area contributed by atoms with Gasteiger partial charge in [-0.15, -0.1) is 0 Å². The van der Waals surface area contributed by atoms with Crippen molar-refractivity contribution in [2.24, 2.45) is 5.92 Å². The van der Waals surface area contributed by atoms with Crippen molar-refractivity contribution in [1.82, 2.24) is 4.90 Å². The summed E-state index contributed by atoms with van der Waals surface area (Å²) in [7, 11) is 0. The van der Waals surface area contributed by atoms with Gasteiger partial charge >= 0.3 is 0 Å². The summed E-state index contributed by atoms with van der Waals surface area (Å²) in [6, 6.07) is 10.9. The first-order valence-electron chi connectivity index (χ1n) is 7.47. The monoisotopic (exact) mass is 257 g/mol. The lowest BCUT2D eigenvalue weighted by molar-refractivity contribution is 0.0635. The molecule has 0 bridgehead atoms. The highest BCUT2D eigenvalue weighted by molar-refractivity contribution is 5.68. The van der Waals surface area contributed by atoms with Crippen molar-refractivity contribution >= 4 is 5.70 Å². The molecule has 1 saturated carbocycles. The van der Waals surface area contributed by atoms with Gasteiger partial charge in [0.05, 0.1) is 13.2 Å². The minimum Gasteiger partial charge on any atom is -0.378 e. The molecule has 1 unspecified atom stereocenters. The molecule has 1 aliphatic carbocycles. The maximum Gasteiger partial charge on any atom is 0.0642 e. The maximum atomic E-state index is 5.51. The molecule has 0 amide bonds. The van der Waals surface area contributed by atoms with Gasteiger partial charge in [-0.05, 0) is 36.3 Å². The van der Waals surface area contributed by atoms with E-state index in [2.05, 4.69) is 42.2 Å². The zero-order valence-electron chi connectivity index (χ0n) is 11.8. The lowest BCUT2D eigenvalue weighted by Gasteiger charge is -2.33. The Labute approximate surface area is 116 Å². The number of rotatable bonds is 2. The first-order chi connectivity index (χ1) is 9.36. The third-order valence-corrected chi connectivity index (χ3v) is 4.36. The number of ether oxygens (including phenoxy) is 1. The van der Waals surface area contributed by atoms with Crippen LogP contribution >= 0.6 is 0 Å². The second-order valence-corrected chi connectivity index (χ2v) is 5.63. The van der Waals surface area contributed by atoms with Crippen molar-refractivity contribution in [1.29, 1.82) is 0 Å². The fraction of sp³-hybridized carbons (Fsp3) is 0.529. The van der Waals surface area contributed by atoms with E-state index in [9.17, 15) is 0 Å². The van der Waals surface area contributed by atoms with Crippen molar-refractivity contribution in [2.45, 2.75) is 26.2 Å². The summed E-state index contributed by atoms with van der Waals surface area (Å²) in [6.07, 6.45) is 3.95. The van der Waals surface area contributed by atoms with E-state index in [1.54, 1.807) is 5.57 Å².